The van der Waals surface area contributed by atoms with E-state index >= 15 is 0 Å². The van der Waals surface area contributed by atoms with Crippen LogP contribution in [0.1, 0.15) is 0 Å². The quantitative estimate of drug-likeness (QED) is 0.772. The van der Waals surface area contributed by atoms with Gasteiger partial charge in [-0.3, -0.25) is 4.79 Å². The third-order valence-corrected chi connectivity index (χ3v) is 2.23. The fraction of sp³-hybridized carbons (Fsp3) is 0.250. The molecule has 0 aromatic carbocycles. The molecule has 1 aromatic heterocycles. The second kappa shape index (κ2) is 4.10. The zero-order valence-corrected chi connectivity index (χ0v) is 8.63. The minimum atomic E-state index is -0.193. The summed E-state index contributed by atoms with van der Waals surface area (Å²) in [4.78, 5) is 11.3. The SMILES string of the molecule is C#CCNc1cnn(C)c(=O)c1Br. The third kappa shape index (κ3) is 2.10. The van der Waals surface area contributed by atoms with E-state index in [-0.39, 0.29) is 5.56 Å². The van der Waals surface area contributed by atoms with Crippen molar-refractivity contribution in [3.05, 3.63) is 21.0 Å². The molecule has 1 rings (SSSR count). The lowest BCUT2D eigenvalue weighted by Gasteiger charge is -2.04. The van der Waals surface area contributed by atoms with Gasteiger partial charge in [-0.15, -0.1) is 6.42 Å². The Hall–Kier alpha value is -1.28. The Labute approximate surface area is 84.1 Å². The maximum Gasteiger partial charge on any atom is 0.282 e. The Balaban J connectivity index is 3.06. The smallest absolute Gasteiger partial charge is 0.282 e. The van der Waals surface area contributed by atoms with E-state index in [0.717, 1.165) is 0 Å². The second-order valence-corrected chi connectivity index (χ2v) is 3.15. The summed E-state index contributed by atoms with van der Waals surface area (Å²) in [6.45, 7) is 0.368. The predicted molar refractivity (Wildman–Crippen MR) is 54.5 cm³/mol. The van der Waals surface area contributed by atoms with Crippen LogP contribution in [0.2, 0.25) is 0 Å². The van der Waals surface area contributed by atoms with E-state index in [1.807, 2.05) is 0 Å². The van der Waals surface area contributed by atoms with Gasteiger partial charge in [0.25, 0.3) is 5.56 Å². The normalized spacial score (nSPS) is 9.31. The molecule has 0 atom stereocenters. The third-order valence-electron chi connectivity index (χ3n) is 1.46. The summed E-state index contributed by atoms with van der Waals surface area (Å²) in [5.74, 6) is 2.41. The number of aryl methyl sites for hydroxylation is 1. The van der Waals surface area contributed by atoms with Crippen LogP contribution in [0.15, 0.2) is 15.5 Å². The van der Waals surface area contributed by atoms with Crippen molar-refractivity contribution >= 4 is 21.6 Å². The molecular formula is C8H8BrN3O. The first-order valence-corrected chi connectivity index (χ1v) is 4.35. The Kier molecular flexibility index (Phi) is 3.09. The van der Waals surface area contributed by atoms with Crippen LogP contribution in [-0.2, 0) is 7.05 Å². The molecule has 0 aliphatic heterocycles. The standard InChI is InChI=1S/C8H8BrN3O/c1-3-4-10-6-5-11-12(2)8(13)7(6)9/h1,5,10H,4H2,2H3. The van der Waals surface area contributed by atoms with Crippen molar-refractivity contribution in [2.75, 3.05) is 11.9 Å². The number of terminal acetylenes is 1. The Bertz CT molecular complexity index is 405. The molecule has 0 unspecified atom stereocenters. The van der Waals surface area contributed by atoms with Gasteiger partial charge in [0.05, 0.1) is 18.4 Å². The topological polar surface area (TPSA) is 46.9 Å². The highest BCUT2D eigenvalue weighted by Gasteiger charge is 2.04. The summed E-state index contributed by atoms with van der Waals surface area (Å²) in [6.07, 6.45) is 6.61. The molecule has 0 fully saturated rings. The molecule has 0 saturated carbocycles. The molecule has 0 aliphatic rings. The van der Waals surface area contributed by atoms with Gasteiger partial charge in [-0.05, 0) is 15.9 Å². The van der Waals surface area contributed by atoms with Gasteiger partial charge in [-0.1, -0.05) is 5.92 Å². The van der Waals surface area contributed by atoms with Crippen molar-refractivity contribution < 1.29 is 0 Å². The molecule has 4 nitrogen and oxygen atoms in total. The van der Waals surface area contributed by atoms with Gasteiger partial charge in [0.15, 0.2) is 0 Å². The van der Waals surface area contributed by atoms with Crippen molar-refractivity contribution in [1.82, 2.24) is 9.78 Å². The Morgan fingerprint density at radius 2 is 2.54 bits per heavy atom. The Morgan fingerprint density at radius 1 is 1.85 bits per heavy atom. The van der Waals surface area contributed by atoms with E-state index in [1.54, 1.807) is 13.2 Å². The summed E-state index contributed by atoms with van der Waals surface area (Å²) in [7, 11) is 1.58. The molecule has 1 heterocycles. The minimum Gasteiger partial charge on any atom is -0.372 e. The number of halogens is 1. The van der Waals surface area contributed by atoms with E-state index < -0.39 is 0 Å². The van der Waals surface area contributed by atoms with Gasteiger partial charge in [-0.2, -0.15) is 5.10 Å². The highest BCUT2D eigenvalue weighted by Crippen LogP contribution is 2.14. The number of anilines is 1. The van der Waals surface area contributed by atoms with Gasteiger partial charge in [0.1, 0.15) is 4.47 Å². The van der Waals surface area contributed by atoms with Gasteiger partial charge < -0.3 is 5.32 Å². The van der Waals surface area contributed by atoms with Crippen LogP contribution in [0.25, 0.3) is 0 Å². The van der Waals surface area contributed by atoms with Crippen LogP contribution in [0.3, 0.4) is 0 Å². The molecule has 5 heteroatoms. The van der Waals surface area contributed by atoms with Gasteiger partial charge in [-0.25, -0.2) is 4.68 Å². The predicted octanol–water partition coefficient (Wildman–Crippen LogP) is 0.588. The lowest BCUT2D eigenvalue weighted by molar-refractivity contribution is 0.703. The lowest BCUT2D eigenvalue weighted by Crippen LogP contribution is -2.21. The number of hydrogen-bond donors (Lipinski definition) is 1. The first-order valence-electron chi connectivity index (χ1n) is 3.56. The maximum absolute atomic E-state index is 11.3. The molecule has 1 aromatic rings. The lowest BCUT2D eigenvalue weighted by atomic mass is 10.4. The average Bonchev–Trinajstić information content (AvgIpc) is 2.13. The number of aromatic nitrogens is 2. The zero-order chi connectivity index (χ0) is 9.84. The summed E-state index contributed by atoms with van der Waals surface area (Å²) in [5.41, 5.74) is 0.420. The molecule has 0 bridgehead atoms. The molecule has 1 N–H and O–H groups in total. The van der Waals surface area contributed by atoms with Crippen LogP contribution < -0.4 is 10.9 Å². The molecule has 0 radical (unpaired) electrons. The zero-order valence-electron chi connectivity index (χ0n) is 7.04. The van der Waals surface area contributed by atoms with Crippen molar-refractivity contribution in [2.24, 2.45) is 7.05 Å². The van der Waals surface area contributed by atoms with Crippen LogP contribution in [-0.4, -0.2) is 16.3 Å². The maximum atomic E-state index is 11.3. The van der Waals surface area contributed by atoms with Gasteiger partial charge >= 0.3 is 0 Å². The first-order chi connectivity index (χ1) is 6.16. The van der Waals surface area contributed by atoms with Crippen LogP contribution in [0, 0.1) is 12.3 Å². The van der Waals surface area contributed by atoms with Gasteiger partial charge in [0, 0.05) is 7.05 Å². The molecule has 0 amide bonds. The van der Waals surface area contributed by atoms with Crippen molar-refractivity contribution in [3.63, 3.8) is 0 Å². The number of nitrogens with one attached hydrogen (secondary N) is 1. The fourth-order valence-corrected chi connectivity index (χ4v) is 1.28. The summed E-state index contributed by atoms with van der Waals surface area (Å²) >= 11 is 3.16. The molecular weight excluding hydrogens is 234 g/mol. The highest BCUT2D eigenvalue weighted by atomic mass is 79.9. The van der Waals surface area contributed by atoms with Crippen molar-refractivity contribution in [2.45, 2.75) is 0 Å². The summed E-state index contributed by atoms with van der Waals surface area (Å²) in [6, 6.07) is 0. The first kappa shape index (κ1) is 9.81. The average molecular weight is 242 g/mol. The number of rotatable bonds is 2. The Morgan fingerprint density at radius 3 is 3.15 bits per heavy atom. The van der Waals surface area contributed by atoms with E-state index in [9.17, 15) is 4.79 Å². The summed E-state index contributed by atoms with van der Waals surface area (Å²) < 4.78 is 1.69. The fourth-order valence-electron chi connectivity index (χ4n) is 0.780. The summed E-state index contributed by atoms with van der Waals surface area (Å²) in [5, 5.41) is 6.71. The van der Waals surface area contributed by atoms with Crippen LogP contribution in [0.5, 0.6) is 0 Å². The van der Waals surface area contributed by atoms with Crippen LogP contribution in [0.4, 0.5) is 5.69 Å². The second-order valence-electron chi connectivity index (χ2n) is 2.36. The monoisotopic (exact) mass is 241 g/mol. The number of hydrogen-bond acceptors (Lipinski definition) is 3. The minimum absolute atomic E-state index is 0.193. The highest BCUT2D eigenvalue weighted by molar-refractivity contribution is 9.10. The van der Waals surface area contributed by atoms with E-state index in [4.69, 9.17) is 6.42 Å². The largest absolute Gasteiger partial charge is 0.372 e. The molecule has 0 spiro atoms. The van der Waals surface area contributed by atoms with E-state index in [2.05, 4.69) is 32.3 Å². The molecule has 0 saturated heterocycles. The molecule has 68 valence electrons. The van der Waals surface area contributed by atoms with Crippen LogP contribution >= 0.6 is 15.9 Å². The molecule has 13 heavy (non-hydrogen) atoms. The van der Waals surface area contributed by atoms with Crippen molar-refractivity contribution in [3.8, 4) is 12.3 Å². The molecule has 0 aliphatic carbocycles. The van der Waals surface area contributed by atoms with E-state index in [1.165, 1.54) is 4.68 Å². The van der Waals surface area contributed by atoms with Gasteiger partial charge in [0.2, 0.25) is 0 Å². The number of nitrogens with zero attached hydrogens (tertiary/aromatic N) is 2. The van der Waals surface area contributed by atoms with Crippen molar-refractivity contribution in [1.29, 1.82) is 0 Å². The van der Waals surface area contributed by atoms with E-state index in [0.29, 0.717) is 16.7 Å².